The van der Waals surface area contributed by atoms with Gasteiger partial charge in [-0.05, 0) is 42.6 Å². The van der Waals surface area contributed by atoms with E-state index in [0.717, 1.165) is 27.3 Å². The average molecular weight is 249 g/mol. The first-order valence-electron chi connectivity index (χ1n) is 5.31. The van der Waals surface area contributed by atoms with Crippen LogP contribution in [0, 0.1) is 13.8 Å². The monoisotopic (exact) mass is 249 g/mol. The smallest absolute Gasteiger partial charge is 0.124 e. The van der Waals surface area contributed by atoms with E-state index in [9.17, 15) is 0 Å². The molecule has 0 aliphatic heterocycles. The van der Waals surface area contributed by atoms with Gasteiger partial charge in [0, 0.05) is 5.56 Å². The van der Waals surface area contributed by atoms with Gasteiger partial charge in [0.25, 0.3) is 0 Å². The zero-order chi connectivity index (χ0) is 12.4. The Labute approximate surface area is 105 Å². The van der Waals surface area contributed by atoms with Crippen molar-refractivity contribution < 1.29 is 4.74 Å². The standard InChI is InChI=1S/C12H15N3OS/c1-7-4-8(2)11(9(5-7)16-3)12(13)10-6-14-15-17-10/h4-6,12H,13H2,1-3H3. The minimum atomic E-state index is -0.231. The van der Waals surface area contributed by atoms with Gasteiger partial charge in [0.05, 0.1) is 24.2 Å². The van der Waals surface area contributed by atoms with Gasteiger partial charge in [-0.25, -0.2) is 0 Å². The molecule has 2 aromatic rings. The van der Waals surface area contributed by atoms with Crippen LogP contribution in [-0.4, -0.2) is 16.7 Å². The number of hydrogen-bond donors (Lipinski definition) is 1. The maximum atomic E-state index is 6.24. The first-order valence-corrected chi connectivity index (χ1v) is 6.08. The molecular formula is C12H15N3OS. The van der Waals surface area contributed by atoms with E-state index in [1.54, 1.807) is 13.3 Å². The summed E-state index contributed by atoms with van der Waals surface area (Å²) in [5, 5.41) is 3.82. The summed E-state index contributed by atoms with van der Waals surface area (Å²) in [6, 6.07) is 3.87. The predicted octanol–water partition coefficient (Wildman–Crippen LogP) is 2.21. The zero-order valence-electron chi connectivity index (χ0n) is 10.1. The molecule has 0 aliphatic carbocycles. The highest BCUT2D eigenvalue weighted by atomic mass is 32.1. The van der Waals surface area contributed by atoms with Crippen LogP contribution in [0.5, 0.6) is 5.75 Å². The van der Waals surface area contributed by atoms with Crippen LogP contribution >= 0.6 is 11.5 Å². The molecule has 0 saturated carbocycles. The van der Waals surface area contributed by atoms with Crippen LogP contribution in [0.1, 0.15) is 27.6 Å². The van der Waals surface area contributed by atoms with Crippen molar-refractivity contribution in [3.63, 3.8) is 0 Å². The Balaban J connectivity index is 2.51. The molecule has 0 aliphatic rings. The van der Waals surface area contributed by atoms with Crippen LogP contribution in [0.4, 0.5) is 0 Å². The molecule has 90 valence electrons. The van der Waals surface area contributed by atoms with Crippen LogP contribution in [0.2, 0.25) is 0 Å². The third kappa shape index (κ3) is 2.30. The first-order chi connectivity index (χ1) is 8.13. The minimum Gasteiger partial charge on any atom is -0.496 e. The summed E-state index contributed by atoms with van der Waals surface area (Å²) in [6.07, 6.45) is 1.70. The van der Waals surface area contributed by atoms with Crippen molar-refractivity contribution >= 4 is 11.5 Å². The Morgan fingerprint density at radius 3 is 2.71 bits per heavy atom. The lowest BCUT2D eigenvalue weighted by Crippen LogP contribution is -2.13. The topological polar surface area (TPSA) is 61.0 Å². The summed E-state index contributed by atoms with van der Waals surface area (Å²) in [6.45, 7) is 4.08. The molecule has 4 nitrogen and oxygen atoms in total. The molecule has 1 atom stereocenters. The van der Waals surface area contributed by atoms with E-state index in [-0.39, 0.29) is 6.04 Å². The number of hydrogen-bond acceptors (Lipinski definition) is 5. The highest BCUT2D eigenvalue weighted by Gasteiger charge is 2.18. The Morgan fingerprint density at radius 1 is 1.35 bits per heavy atom. The predicted molar refractivity (Wildman–Crippen MR) is 68.4 cm³/mol. The Kier molecular flexibility index (Phi) is 3.40. The van der Waals surface area contributed by atoms with Crippen molar-refractivity contribution in [2.75, 3.05) is 7.11 Å². The number of ether oxygens (including phenoxy) is 1. The highest BCUT2D eigenvalue weighted by molar-refractivity contribution is 7.05. The van der Waals surface area contributed by atoms with Gasteiger partial charge in [-0.3, -0.25) is 0 Å². The summed E-state index contributed by atoms with van der Waals surface area (Å²) < 4.78 is 9.25. The molecule has 0 saturated heterocycles. The van der Waals surface area contributed by atoms with E-state index >= 15 is 0 Å². The maximum Gasteiger partial charge on any atom is 0.124 e. The summed E-state index contributed by atoms with van der Waals surface area (Å²) in [7, 11) is 1.66. The van der Waals surface area contributed by atoms with Crippen molar-refractivity contribution in [3.8, 4) is 5.75 Å². The number of rotatable bonds is 3. The number of benzene rings is 1. The molecule has 0 radical (unpaired) electrons. The average Bonchev–Trinajstić information content (AvgIpc) is 2.80. The molecular weight excluding hydrogens is 234 g/mol. The van der Waals surface area contributed by atoms with Crippen molar-refractivity contribution in [1.82, 2.24) is 9.59 Å². The van der Waals surface area contributed by atoms with E-state index in [4.69, 9.17) is 10.5 Å². The molecule has 1 aromatic carbocycles. The Hall–Kier alpha value is -1.46. The molecule has 2 rings (SSSR count). The second-order valence-electron chi connectivity index (χ2n) is 4.00. The van der Waals surface area contributed by atoms with Crippen LogP contribution < -0.4 is 10.5 Å². The van der Waals surface area contributed by atoms with E-state index in [2.05, 4.69) is 15.7 Å². The number of nitrogens with zero attached hydrogens (tertiary/aromatic N) is 2. The molecule has 0 spiro atoms. The quantitative estimate of drug-likeness (QED) is 0.906. The summed E-state index contributed by atoms with van der Waals surface area (Å²) in [5.41, 5.74) is 9.53. The molecule has 2 N–H and O–H groups in total. The van der Waals surface area contributed by atoms with Crippen molar-refractivity contribution in [1.29, 1.82) is 0 Å². The molecule has 0 fully saturated rings. The zero-order valence-corrected chi connectivity index (χ0v) is 10.9. The van der Waals surface area contributed by atoms with Gasteiger partial charge >= 0.3 is 0 Å². The van der Waals surface area contributed by atoms with Gasteiger partial charge in [-0.15, -0.1) is 5.10 Å². The summed E-state index contributed by atoms with van der Waals surface area (Å²) >= 11 is 1.32. The summed E-state index contributed by atoms with van der Waals surface area (Å²) in [5.74, 6) is 0.823. The second kappa shape index (κ2) is 4.81. The van der Waals surface area contributed by atoms with E-state index < -0.39 is 0 Å². The third-order valence-electron chi connectivity index (χ3n) is 2.71. The van der Waals surface area contributed by atoms with Crippen molar-refractivity contribution in [3.05, 3.63) is 39.9 Å². The van der Waals surface area contributed by atoms with Gasteiger partial charge in [-0.2, -0.15) is 0 Å². The molecule has 1 heterocycles. The maximum absolute atomic E-state index is 6.24. The lowest BCUT2D eigenvalue weighted by Gasteiger charge is -2.17. The lowest BCUT2D eigenvalue weighted by molar-refractivity contribution is 0.407. The lowest BCUT2D eigenvalue weighted by atomic mass is 9.97. The Morgan fingerprint density at radius 2 is 2.12 bits per heavy atom. The fourth-order valence-corrected chi connectivity index (χ4v) is 2.48. The SMILES string of the molecule is COc1cc(C)cc(C)c1C(N)c1cnns1. The van der Waals surface area contributed by atoms with Gasteiger partial charge in [0.1, 0.15) is 5.75 Å². The van der Waals surface area contributed by atoms with Gasteiger partial charge in [-0.1, -0.05) is 10.6 Å². The minimum absolute atomic E-state index is 0.231. The van der Waals surface area contributed by atoms with Crippen LogP contribution in [0.3, 0.4) is 0 Å². The molecule has 17 heavy (non-hydrogen) atoms. The Bertz CT molecular complexity index is 511. The molecule has 0 amide bonds. The number of aromatic nitrogens is 2. The second-order valence-corrected chi connectivity index (χ2v) is 4.81. The van der Waals surface area contributed by atoms with Crippen LogP contribution in [-0.2, 0) is 0 Å². The number of aryl methyl sites for hydroxylation is 2. The van der Waals surface area contributed by atoms with Crippen molar-refractivity contribution in [2.45, 2.75) is 19.9 Å². The van der Waals surface area contributed by atoms with Crippen LogP contribution in [0.15, 0.2) is 18.3 Å². The van der Waals surface area contributed by atoms with E-state index in [0.29, 0.717) is 0 Å². The normalized spacial score (nSPS) is 12.5. The van der Waals surface area contributed by atoms with Gasteiger partial charge in [0.15, 0.2) is 0 Å². The fraction of sp³-hybridized carbons (Fsp3) is 0.333. The first kappa shape index (κ1) is 12.0. The third-order valence-corrected chi connectivity index (χ3v) is 3.46. The molecule has 1 unspecified atom stereocenters. The summed E-state index contributed by atoms with van der Waals surface area (Å²) in [4.78, 5) is 0.940. The fourth-order valence-electron chi connectivity index (χ4n) is 1.96. The highest BCUT2D eigenvalue weighted by Crippen LogP contribution is 2.33. The van der Waals surface area contributed by atoms with E-state index in [1.165, 1.54) is 11.5 Å². The van der Waals surface area contributed by atoms with Gasteiger partial charge < -0.3 is 10.5 Å². The largest absolute Gasteiger partial charge is 0.496 e. The molecule has 0 bridgehead atoms. The van der Waals surface area contributed by atoms with Crippen molar-refractivity contribution in [2.24, 2.45) is 5.73 Å². The molecule has 5 heteroatoms. The number of methoxy groups -OCH3 is 1. The van der Waals surface area contributed by atoms with E-state index in [1.807, 2.05) is 19.9 Å². The molecule has 1 aromatic heterocycles. The van der Waals surface area contributed by atoms with Crippen LogP contribution in [0.25, 0.3) is 0 Å². The van der Waals surface area contributed by atoms with Gasteiger partial charge in [0.2, 0.25) is 0 Å². The number of nitrogens with two attached hydrogens (primary N) is 1.